The average Bonchev–Trinajstić information content (AvgIpc) is 3.05. The molecule has 0 aliphatic heterocycles. The van der Waals surface area contributed by atoms with Gasteiger partial charge in [-0.25, -0.2) is 9.97 Å². The van der Waals surface area contributed by atoms with Crippen LogP contribution in [0.5, 0.6) is 0 Å². The molecule has 0 aliphatic carbocycles. The van der Waals surface area contributed by atoms with Gasteiger partial charge < -0.3 is 5.32 Å². The van der Waals surface area contributed by atoms with E-state index in [4.69, 9.17) is 0 Å². The number of halogens is 3. The molecule has 2 heterocycles. The lowest BCUT2D eigenvalue weighted by Gasteiger charge is -2.12. The van der Waals surface area contributed by atoms with E-state index in [1.165, 1.54) is 6.07 Å². The Labute approximate surface area is 134 Å². The second-order valence-corrected chi connectivity index (χ2v) is 5.30. The van der Waals surface area contributed by atoms with Crippen LogP contribution in [-0.2, 0) is 6.18 Å². The lowest BCUT2D eigenvalue weighted by molar-refractivity contribution is -0.137. The van der Waals surface area contributed by atoms with Crippen molar-refractivity contribution in [3.8, 4) is 0 Å². The van der Waals surface area contributed by atoms with Gasteiger partial charge in [-0.1, -0.05) is 18.2 Å². The molecule has 120 valence electrons. The van der Waals surface area contributed by atoms with Crippen molar-refractivity contribution in [2.45, 2.75) is 6.18 Å². The van der Waals surface area contributed by atoms with Gasteiger partial charge in [0.05, 0.1) is 29.1 Å². The number of nitrogens with zero attached hydrogens (tertiary/aromatic N) is 3. The van der Waals surface area contributed by atoms with Crippen molar-refractivity contribution in [1.82, 2.24) is 14.4 Å². The van der Waals surface area contributed by atoms with Crippen LogP contribution in [0.2, 0.25) is 0 Å². The number of hydrogen-bond acceptors (Lipinski definition) is 3. The molecule has 0 unspecified atom stereocenters. The van der Waals surface area contributed by atoms with E-state index >= 15 is 0 Å². The monoisotopic (exact) mass is 328 g/mol. The Kier molecular flexibility index (Phi) is 3.16. The molecule has 7 heteroatoms. The summed E-state index contributed by atoms with van der Waals surface area (Å²) in [4.78, 5) is 8.62. The number of rotatable bonds is 2. The van der Waals surface area contributed by atoms with Crippen molar-refractivity contribution >= 4 is 28.1 Å². The highest BCUT2D eigenvalue weighted by molar-refractivity contribution is 5.85. The summed E-state index contributed by atoms with van der Waals surface area (Å²) >= 11 is 0. The fourth-order valence-electron chi connectivity index (χ4n) is 2.60. The average molecular weight is 328 g/mol. The van der Waals surface area contributed by atoms with Crippen LogP contribution in [0.25, 0.3) is 16.6 Å². The molecule has 2 aromatic heterocycles. The Morgan fingerprint density at radius 1 is 0.958 bits per heavy atom. The standard InChI is InChI=1S/C17H11F3N4/c18-17(19,20)11-4-3-5-12(8-11)22-16-15-9-21-10-24(15)14-7-2-1-6-13(14)23-16/h1-10H,(H,22,23). The molecule has 0 bridgehead atoms. The van der Waals surface area contributed by atoms with Crippen LogP contribution in [0.3, 0.4) is 0 Å². The maximum atomic E-state index is 12.9. The highest BCUT2D eigenvalue weighted by Gasteiger charge is 2.30. The van der Waals surface area contributed by atoms with Crippen LogP contribution in [0.15, 0.2) is 61.1 Å². The van der Waals surface area contributed by atoms with Gasteiger partial charge in [-0.3, -0.25) is 4.40 Å². The van der Waals surface area contributed by atoms with Gasteiger partial charge in [-0.15, -0.1) is 0 Å². The number of benzene rings is 2. The number of anilines is 2. The minimum absolute atomic E-state index is 0.315. The molecule has 4 rings (SSSR count). The second kappa shape index (κ2) is 5.23. The Morgan fingerprint density at radius 2 is 1.79 bits per heavy atom. The van der Waals surface area contributed by atoms with Gasteiger partial charge in [0.25, 0.3) is 0 Å². The van der Waals surface area contributed by atoms with Crippen molar-refractivity contribution in [3.05, 3.63) is 66.6 Å². The van der Waals surface area contributed by atoms with Crippen LogP contribution in [-0.4, -0.2) is 14.4 Å². The largest absolute Gasteiger partial charge is 0.416 e. The molecule has 1 N–H and O–H groups in total. The van der Waals surface area contributed by atoms with Crippen molar-refractivity contribution in [1.29, 1.82) is 0 Å². The predicted molar refractivity (Wildman–Crippen MR) is 85.2 cm³/mol. The zero-order chi connectivity index (χ0) is 16.7. The first kappa shape index (κ1) is 14.5. The zero-order valence-corrected chi connectivity index (χ0v) is 12.2. The van der Waals surface area contributed by atoms with Crippen molar-refractivity contribution in [2.75, 3.05) is 5.32 Å². The van der Waals surface area contributed by atoms with Crippen LogP contribution in [0.1, 0.15) is 5.56 Å². The molecule has 4 nitrogen and oxygen atoms in total. The fraction of sp³-hybridized carbons (Fsp3) is 0.0588. The number of hydrogen-bond donors (Lipinski definition) is 1. The Morgan fingerprint density at radius 3 is 2.62 bits per heavy atom. The maximum Gasteiger partial charge on any atom is 0.416 e. The minimum Gasteiger partial charge on any atom is -0.338 e. The van der Waals surface area contributed by atoms with Gasteiger partial charge in [-0.2, -0.15) is 13.2 Å². The summed E-state index contributed by atoms with van der Waals surface area (Å²) in [5.41, 5.74) is 1.89. The summed E-state index contributed by atoms with van der Waals surface area (Å²) in [6, 6.07) is 12.5. The predicted octanol–water partition coefficient (Wildman–Crippen LogP) is 4.64. The van der Waals surface area contributed by atoms with Gasteiger partial charge in [0.15, 0.2) is 5.82 Å². The van der Waals surface area contributed by atoms with Crippen LogP contribution in [0, 0.1) is 0 Å². The minimum atomic E-state index is -4.39. The Bertz CT molecular complexity index is 1040. The van der Waals surface area contributed by atoms with Gasteiger partial charge in [0.1, 0.15) is 5.52 Å². The fourth-order valence-corrected chi connectivity index (χ4v) is 2.60. The normalized spacial score (nSPS) is 12.0. The van der Waals surface area contributed by atoms with E-state index in [1.54, 1.807) is 18.6 Å². The summed E-state index contributed by atoms with van der Waals surface area (Å²) in [5.74, 6) is 0.450. The number of aromatic nitrogens is 3. The lowest BCUT2D eigenvalue weighted by atomic mass is 10.2. The van der Waals surface area contributed by atoms with Crippen LogP contribution < -0.4 is 5.32 Å². The van der Waals surface area contributed by atoms with Gasteiger partial charge in [-0.05, 0) is 30.3 Å². The summed E-state index contributed by atoms with van der Waals surface area (Å²) < 4.78 is 40.4. The Balaban J connectivity index is 1.83. The number of alkyl halides is 3. The van der Waals surface area contributed by atoms with Crippen LogP contribution >= 0.6 is 0 Å². The first-order valence-corrected chi connectivity index (χ1v) is 7.17. The molecule has 0 fully saturated rings. The maximum absolute atomic E-state index is 12.9. The van der Waals surface area contributed by atoms with Crippen LogP contribution in [0.4, 0.5) is 24.7 Å². The number of fused-ring (bicyclic) bond motifs is 3. The highest BCUT2D eigenvalue weighted by atomic mass is 19.4. The third-order valence-corrected chi connectivity index (χ3v) is 3.71. The quantitative estimate of drug-likeness (QED) is 0.583. The number of nitrogens with one attached hydrogen (secondary N) is 1. The highest BCUT2D eigenvalue weighted by Crippen LogP contribution is 2.32. The summed E-state index contributed by atoms with van der Waals surface area (Å²) in [5, 5.41) is 2.97. The number of para-hydroxylation sites is 2. The first-order chi connectivity index (χ1) is 11.5. The second-order valence-electron chi connectivity index (χ2n) is 5.30. The molecule has 0 radical (unpaired) electrons. The lowest BCUT2D eigenvalue weighted by Crippen LogP contribution is -2.05. The van der Waals surface area contributed by atoms with E-state index in [1.807, 2.05) is 28.7 Å². The van der Waals surface area contributed by atoms with E-state index in [2.05, 4.69) is 15.3 Å². The zero-order valence-electron chi connectivity index (χ0n) is 12.2. The first-order valence-electron chi connectivity index (χ1n) is 7.17. The Hall–Kier alpha value is -3.09. The van der Waals surface area contributed by atoms with E-state index < -0.39 is 11.7 Å². The van der Waals surface area contributed by atoms with E-state index in [9.17, 15) is 13.2 Å². The molecule has 4 aromatic rings. The van der Waals surface area contributed by atoms with Gasteiger partial charge in [0.2, 0.25) is 0 Å². The van der Waals surface area contributed by atoms with E-state index in [0.29, 0.717) is 17.0 Å². The molecule has 2 aromatic carbocycles. The van der Waals surface area contributed by atoms with Crippen molar-refractivity contribution < 1.29 is 13.2 Å². The summed E-state index contributed by atoms with van der Waals surface area (Å²) in [6.07, 6.45) is -1.12. The van der Waals surface area contributed by atoms with Gasteiger partial charge >= 0.3 is 6.18 Å². The molecule has 0 saturated heterocycles. The molecule has 0 aliphatic rings. The smallest absolute Gasteiger partial charge is 0.338 e. The third kappa shape index (κ3) is 2.44. The molecular weight excluding hydrogens is 317 g/mol. The van der Waals surface area contributed by atoms with Crippen molar-refractivity contribution in [3.63, 3.8) is 0 Å². The molecular formula is C17H11F3N4. The number of imidazole rings is 1. The van der Waals surface area contributed by atoms with E-state index in [-0.39, 0.29) is 0 Å². The molecule has 0 atom stereocenters. The summed E-state index contributed by atoms with van der Waals surface area (Å²) in [6.45, 7) is 0. The molecule has 24 heavy (non-hydrogen) atoms. The van der Waals surface area contributed by atoms with Gasteiger partial charge in [0, 0.05) is 5.69 Å². The third-order valence-electron chi connectivity index (χ3n) is 3.71. The SMILES string of the molecule is FC(F)(F)c1cccc(Nc2nc3ccccc3n3cncc23)c1. The molecule has 0 amide bonds. The van der Waals surface area contributed by atoms with E-state index in [0.717, 1.165) is 23.2 Å². The molecule has 0 saturated carbocycles. The summed E-state index contributed by atoms with van der Waals surface area (Å²) in [7, 11) is 0. The molecule has 0 spiro atoms. The topological polar surface area (TPSA) is 42.2 Å². The van der Waals surface area contributed by atoms with Crippen molar-refractivity contribution in [2.24, 2.45) is 0 Å².